The summed E-state index contributed by atoms with van der Waals surface area (Å²) in [5.74, 6) is 1.85. The van der Waals surface area contributed by atoms with Gasteiger partial charge in [0.15, 0.2) is 0 Å². The first-order chi connectivity index (χ1) is 16.5. The fourth-order valence-electron chi connectivity index (χ4n) is 2.48. The Morgan fingerprint density at radius 3 is 1.31 bits per heavy atom. The Labute approximate surface area is 228 Å². The van der Waals surface area contributed by atoms with Crippen molar-refractivity contribution in [2.45, 2.75) is 141 Å². The molecule has 36 heavy (non-hydrogen) atoms. The fourth-order valence-corrected chi connectivity index (χ4v) is 2.48. The van der Waals surface area contributed by atoms with Crippen molar-refractivity contribution in [3.05, 3.63) is 59.7 Å². The van der Waals surface area contributed by atoms with Crippen LogP contribution in [0.1, 0.15) is 140 Å². The first-order valence-corrected chi connectivity index (χ1v) is 14.4. The first-order valence-electron chi connectivity index (χ1n) is 14.4. The van der Waals surface area contributed by atoms with Crippen molar-refractivity contribution in [1.82, 2.24) is 0 Å². The second-order valence-corrected chi connectivity index (χ2v) is 12.8. The zero-order valence-electron chi connectivity index (χ0n) is 26.9. The van der Waals surface area contributed by atoms with E-state index in [-0.39, 0.29) is 11.2 Å². The number of hydrogen-bond acceptors (Lipinski definition) is 1. The molecule has 0 unspecified atom stereocenters. The number of benzene rings is 1. The van der Waals surface area contributed by atoms with Crippen molar-refractivity contribution in [3.63, 3.8) is 0 Å². The summed E-state index contributed by atoms with van der Waals surface area (Å²) in [7, 11) is 0. The van der Waals surface area contributed by atoms with Gasteiger partial charge in [-0.05, 0) is 66.4 Å². The van der Waals surface area contributed by atoms with Gasteiger partial charge in [0.25, 0.3) is 0 Å². The van der Waals surface area contributed by atoms with Gasteiger partial charge in [0.1, 0.15) is 5.78 Å². The lowest BCUT2D eigenvalue weighted by Crippen LogP contribution is -2.10. The minimum atomic E-state index is 0.189. The number of Topliss-reactive ketones (excluding diaryl/α,β-unsaturated/α-hetero) is 1. The maximum atomic E-state index is 10.9. The summed E-state index contributed by atoms with van der Waals surface area (Å²) < 4.78 is 0. The van der Waals surface area contributed by atoms with Crippen LogP contribution < -0.4 is 0 Å². The van der Waals surface area contributed by atoms with Crippen LogP contribution in [0, 0.1) is 17.3 Å². The molecule has 0 saturated heterocycles. The van der Waals surface area contributed by atoms with E-state index in [1.165, 1.54) is 37.7 Å². The van der Waals surface area contributed by atoms with E-state index in [9.17, 15) is 4.79 Å². The predicted molar refractivity (Wildman–Crippen MR) is 167 cm³/mol. The molecule has 0 spiro atoms. The van der Waals surface area contributed by atoms with E-state index < -0.39 is 0 Å². The van der Waals surface area contributed by atoms with Gasteiger partial charge in [-0.2, -0.15) is 0 Å². The van der Waals surface area contributed by atoms with Crippen molar-refractivity contribution >= 4 is 5.78 Å². The van der Waals surface area contributed by atoms with Gasteiger partial charge in [0.05, 0.1) is 0 Å². The predicted octanol–water partition coefficient (Wildman–Crippen LogP) is 11.6. The average molecular weight is 501 g/mol. The van der Waals surface area contributed by atoms with Gasteiger partial charge >= 0.3 is 0 Å². The molecule has 0 aliphatic rings. The normalized spacial score (nSPS) is 11.6. The van der Waals surface area contributed by atoms with Crippen LogP contribution in [0.3, 0.4) is 0 Å². The smallest absolute Gasteiger partial charge is 0.134 e. The zero-order chi connectivity index (χ0) is 28.8. The Morgan fingerprint density at radius 2 is 1.08 bits per heavy atom. The second kappa shape index (κ2) is 22.6. The number of ketones is 1. The molecule has 1 nitrogen and oxygen atoms in total. The Kier molecular flexibility index (Phi) is 24.4. The molecule has 0 atom stereocenters. The minimum absolute atomic E-state index is 0.189. The van der Waals surface area contributed by atoms with Gasteiger partial charge in [-0.3, -0.25) is 4.79 Å². The van der Waals surface area contributed by atoms with Crippen LogP contribution in [-0.4, -0.2) is 5.78 Å². The molecule has 0 aliphatic carbocycles. The molecule has 0 radical (unpaired) electrons. The highest BCUT2D eigenvalue weighted by Crippen LogP contribution is 2.22. The molecule has 210 valence electrons. The second-order valence-electron chi connectivity index (χ2n) is 12.8. The summed E-state index contributed by atoms with van der Waals surface area (Å²) in [5, 5.41) is 0. The quantitative estimate of drug-likeness (QED) is 0.324. The highest BCUT2D eigenvalue weighted by molar-refractivity contribution is 5.78. The van der Waals surface area contributed by atoms with Gasteiger partial charge in [0.2, 0.25) is 0 Å². The minimum Gasteiger partial charge on any atom is -0.300 e. The molecule has 0 aromatic heterocycles. The Bertz CT molecular complexity index is 653. The molecule has 1 heteroatoms. The molecule has 1 aromatic carbocycles. The van der Waals surface area contributed by atoms with Crippen LogP contribution in [0.15, 0.2) is 48.6 Å². The fraction of sp³-hybridized carbons (Fsp3) is 0.686. The van der Waals surface area contributed by atoms with Gasteiger partial charge in [-0.15, -0.1) is 0 Å². The van der Waals surface area contributed by atoms with Crippen LogP contribution in [-0.2, 0) is 16.6 Å². The largest absolute Gasteiger partial charge is 0.300 e. The molecule has 0 bridgehead atoms. The van der Waals surface area contributed by atoms with E-state index in [0.717, 1.165) is 17.4 Å². The summed E-state index contributed by atoms with van der Waals surface area (Å²) in [6, 6.07) is 8.31. The lowest BCUT2D eigenvalue weighted by molar-refractivity contribution is -0.116. The Morgan fingerprint density at radius 1 is 0.722 bits per heavy atom. The van der Waals surface area contributed by atoms with E-state index in [1.54, 1.807) is 6.92 Å². The van der Waals surface area contributed by atoms with Gasteiger partial charge in [-0.25, -0.2) is 0 Å². The molecule has 0 aliphatic heterocycles. The molecule has 0 fully saturated rings. The standard InChI is InChI=1S/C13H18O.2C8H16.C6H14/c1-10(14)9-11-5-7-12(8-6-11)13(2,3)4;2*1-4-5-6-7-8(2)3;1-5-6(2,3)4/h5-8H,9H2,1-4H3;2*5-6,8H,4,7H2,1-3H3;5H2,1-4H3/b;6-5+;6-5-;. The molecule has 0 N–H and O–H groups in total. The average Bonchev–Trinajstić information content (AvgIpc) is 2.74. The molecular weight excluding hydrogens is 436 g/mol. The van der Waals surface area contributed by atoms with Gasteiger partial charge < -0.3 is 0 Å². The van der Waals surface area contributed by atoms with Crippen molar-refractivity contribution < 1.29 is 4.79 Å². The molecule has 0 heterocycles. The Balaban J connectivity index is -0.000000430. The summed E-state index contributed by atoms with van der Waals surface area (Å²) in [5.41, 5.74) is 3.14. The lowest BCUT2D eigenvalue weighted by atomic mass is 9.86. The van der Waals surface area contributed by atoms with Crippen molar-refractivity contribution in [2.24, 2.45) is 17.3 Å². The van der Waals surface area contributed by atoms with E-state index in [1.807, 2.05) is 12.1 Å². The molecule has 0 saturated carbocycles. The van der Waals surface area contributed by atoms with Crippen molar-refractivity contribution in [2.75, 3.05) is 0 Å². The topological polar surface area (TPSA) is 17.1 Å². The van der Waals surface area contributed by atoms with Crippen LogP contribution in [0.25, 0.3) is 0 Å². The van der Waals surface area contributed by atoms with Crippen LogP contribution >= 0.6 is 0 Å². The van der Waals surface area contributed by atoms with E-state index in [4.69, 9.17) is 0 Å². The number of rotatable bonds is 8. The molecule has 1 aromatic rings. The third-order valence-electron chi connectivity index (χ3n) is 5.35. The summed E-state index contributed by atoms with van der Waals surface area (Å²) in [6.45, 7) is 30.4. The monoisotopic (exact) mass is 500 g/mol. The number of allylic oxidation sites excluding steroid dienone is 4. The Hall–Kier alpha value is -1.63. The zero-order valence-corrected chi connectivity index (χ0v) is 26.9. The SMILES string of the molecule is CC(=O)Cc1ccc(C(C)(C)C)cc1.CC/C=C/CC(C)C.CC/C=C\CC(C)C.CCC(C)(C)C. The highest BCUT2D eigenvalue weighted by Gasteiger charge is 2.12. The van der Waals surface area contributed by atoms with E-state index in [0.29, 0.717) is 11.8 Å². The summed E-state index contributed by atoms with van der Waals surface area (Å²) in [4.78, 5) is 10.9. The van der Waals surface area contributed by atoms with E-state index in [2.05, 4.69) is 126 Å². The van der Waals surface area contributed by atoms with Crippen LogP contribution in [0.4, 0.5) is 0 Å². The lowest BCUT2D eigenvalue weighted by Gasteiger charge is -2.18. The summed E-state index contributed by atoms with van der Waals surface area (Å²) in [6.07, 6.45) is 15.6. The van der Waals surface area contributed by atoms with Gasteiger partial charge in [0, 0.05) is 6.42 Å². The number of carbonyl (C=O) groups excluding carboxylic acids is 1. The molecule has 1 rings (SSSR count). The highest BCUT2D eigenvalue weighted by atomic mass is 16.1. The van der Waals surface area contributed by atoms with Crippen LogP contribution in [0.5, 0.6) is 0 Å². The molecular formula is C35H64O. The van der Waals surface area contributed by atoms with Crippen molar-refractivity contribution in [3.8, 4) is 0 Å². The maximum Gasteiger partial charge on any atom is 0.134 e. The third-order valence-corrected chi connectivity index (χ3v) is 5.35. The summed E-state index contributed by atoms with van der Waals surface area (Å²) >= 11 is 0. The van der Waals surface area contributed by atoms with E-state index >= 15 is 0 Å². The number of carbonyl (C=O) groups is 1. The van der Waals surface area contributed by atoms with Gasteiger partial charge in [-0.1, -0.05) is 145 Å². The van der Waals surface area contributed by atoms with Crippen molar-refractivity contribution in [1.29, 1.82) is 0 Å². The van der Waals surface area contributed by atoms with Crippen LogP contribution in [0.2, 0.25) is 0 Å². The number of hydrogen-bond donors (Lipinski definition) is 0. The first kappa shape index (κ1) is 38.9. The third kappa shape index (κ3) is 32.4. The molecule has 0 amide bonds. The maximum absolute atomic E-state index is 10.9.